The molecule has 0 saturated carbocycles. The average molecular weight is 225 g/mol. The van der Waals surface area contributed by atoms with E-state index in [0.29, 0.717) is 6.54 Å². The third-order valence-corrected chi connectivity index (χ3v) is 3.95. The topological polar surface area (TPSA) is 42.1 Å². The van der Waals surface area contributed by atoms with Crippen molar-refractivity contribution < 1.29 is 0 Å². The van der Waals surface area contributed by atoms with Crippen molar-refractivity contribution in [3.8, 4) is 0 Å². The molecule has 0 aliphatic carbocycles. The Bertz CT molecular complexity index is 290. The lowest BCUT2D eigenvalue weighted by atomic mass is 10.1. The van der Waals surface area contributed by atoms with E-state index in [0.717, 1.165) is 18.2 Å². The Hall–Kier alpha value is -0.610. The van der Waals surface area contributed by atoms with Crippen LogP contribution < -0.4 is 10.6 Å². The van der Waals surface area contributed by atoms with Crippen molar-refractivity contribution in [3.63, 3.8) is 0 Å². The van der Waals surface area contributed by atoms with E-state index in [4.69, 9.17) is 5.73 Å². The summed E-state index contributed by atoms with van der Waals surface area (Å²) < 4.78 is 0. The van der Waals surface area contributed by atoms with Crippen molar-refractivity contribution in [1.82, 2.24) is 4.98 Å². The van der Waals surface area contributed by atoms with Crippen molar-refractivity contribution in [2.45, 2.75) is 38.6 Å². The van der Waals surface area contributed by atoms with E-state index in [9.17, 15) is 0 Å². The number of hydrogen-bond donors (Lipinski definition) is 1. The molecule has 1 aromatic heterocycles. The number of hydrogen-bond acceptors (Lipinski definition) is 4. The number of nitrogens with two attached hydrogens (primary N) is 1. The summed E-state index contributed by atoms with van der Waals surface area (Å²) >= 11 is 1.75. The molecule has 1 fully saturated rings. The minimum absolute atomic E-state index is 0.617. The maximum Gasteiger partial charge on any atom is 0.185 e. The van der Waals surface area contributed by atoms with Gasteiger partial charge < -0.3 is 10.6 Å². The maximum absolute atomic E-state index is 5.60. The molecule has 1 aliphatic heterocycles. The molecule has 4 heteroatoms. The normalized spacial score (nSPS) is 18.6. The summed E-state index contributed by atoms with van der Waals surface area (Å²) in [6, 6.07) is 0. The number of rotatable bonds is 2. The Labute approximate surface area is 95.3 Å². The van der Waals surface area contributed by atoms with Crippen LogP contribution in [-0.2, 0) is 6.54 Å². The van der Waals surface area contributed by atoms with Gasteiger partial charge in [0.2, 0.25) is 0 Å². The second-order valence-electron chi connectivity index (χ2n) is 4.07. The van der Waals surface area contributed by atoms with E-state index in [-0.39, 0.29) is 0 Å². The van der Waals surface area contributed by atoms with Crippen molar-refractivity contribution >= 4 is 16.5 Å². The van der Waals surface area contributed by atoms with Crippen LogP contribution in [-0.4, -0.2) is 18.1 Å². The molecule has 2 rings (SSSR count). The SMILES string of the molecule is NCc1cnc(N2CCCCCCC2)s1. The van der Waals surface area contributed by atoms with Gasteiger partial charge in [0, 0.05) is 30.7 Å². The molecule has 84 valence electrons. The number of aromatic nitrogens is 1. The molecule has 0 amide bonds. The van der Waals surface area contributed by atoms with Crippen molar-refractivity contribution in [1.29, 1.82) is 0 Å². The number of anilines is 1. The van der Waals surface area contributed by atoms with E-state index in [2.05, 4.69) is 9.88 Å². The van der Waals surface area contributed by atoms with Gasteiger partial charge in [-0.1, -0.05) is 19.3 Å². The predicted octanol–water partition coefficient (Wildman–Crippen LogP) is 2.37. The molecule has 0 radical (unpaired) electrons. The molecule has 0 spiro atoms. The van der Waals surface area contributed by atoms with Crippen LogP contribution in [0.5, 0.6) is 0 Å². The highest BCUT2D eigenvalue weighted by molar-refractivity contribution is 7.15. The zero-order valence-electron chi connectivity index (χ0n) is 9.11. The molecule has 0 atom stereocenters. The van der Waals surface area contributed by atoms with Crippen LogP contribution in [0.25, 0.3) is 0 Å². The molecule has 1 saturated heterocycles. The fourth-order valence-electron chi connectivity index (χ4n) is 1.98. The highest BCUT2D eigenvalue weighted by atomic mass is 32.1. The minimum Gasteiger partial charge on any atom is -0.348 e. The molecule has 15 heavy (non-hydrogen) atoms. The first-order valence-corrected chi connectivity index (χ1v) is 6.61. The smallest absolute Gasteiger partial charge is 0.185 e. The zero-order valence-corrected chi connectivity index (χ0v) is 9.93. The monoisotopic (exact) mass is 225 g/mol. The maximum atomic E-state index is 5.60. The first kappa shape index (κ1) is 10.9. The highest BCUT2D eigenvalue weighted by Crippen LogP contribution is 2.24. The molecule has 2 N–H and O–H groups in total. The summed E-state index contributed by atoms with van der Waals surface area (Å²) in [4.78, 5) is 8.05. The Morgan fingerprint density at radius 3 is 2.47 bits per heavy atom. The molecule has 0 bridgehead atoms. The molecule has 0 aromatic carbocycles. The lowest BCUT2D eigenvalue weighted by Crippen LogP contribution is -2.26. The first-order valence-electron chi connectivity index (χ1n) is 5.80. The van der Waals surface area contributed by atoms with Crippen LogP contribution in [0.2, 0.25) is 0 Å². The van der Waals surface area contributed by atoms with Gasteiger partial charge in [-0.3, -0.25) is 0 Å². The van der Waals surface area contributed by atoms with Crippen LogP contribution >= 0.6 is 11.3 Å². The van der Waals surface area contributed by atoms with E-state index < -0.39 is 0 Å². The van der Waals surface area contributed by atoms with Crippen LogP contribution in [0, 0.1) is 0 Å². The second kappa shape index (κ2) is 5.47. The van der Waals surface area contributed by atoms with Gasteiger partial charge in [0.1, 0.15) is 0 Å². The standard InChI is InChI=1S/C11H19N3S/c12-8-10-9-13-11(15-10)14-6-4-2-1-3-5-7-14/h9H,1-8,12H2. The summed E-state index contributed by atoms with van der Waals surface area (Å²) in [6.45, 7) is 2.94. The summed E-state index contributed by atoms with van der Waals surface area (Å²) in [5.41, 5.74) is 5.60. The first-order chi connectivity index (χ1) is 7.40. The molecular formula is C11H19N3S. The fraction of sp³-hybridized carbons (Fsp3) is 0.727. The third-order valence-electron chi connectivity index (χ3n) is 2.87. The highest BCUT2D eigenvalue weighted by Gasteiger charge is 2.12. The van der Waals surface area contributed by atoms with Gasteiger partial charge in [0.05, 0.1) is 0 Å². The van der Waals surface area contributed by atoms with Gasteiger partial charge in [0.25, 0.3) is 0 Å². The summed E-state index contributed by atoms with van der Waals surface area (Å²) in [7, 11) is 0. The van der Waals surface area contributed by atoms with E-state index in [1.54, 1.807) is 11.3 Å². The Morgan fingerprint density at radius 2 is 1.87 bits per heavy atom. The van der Waals surface area contributed by atoms with Gasteiger partial charge in [-0.05, 0) is 12.8 Å². The third kappa shape index (κ3) is 2.92. The van der Waals surface area contributed by atoms with Gasteiger partial charge in [-0.2, -0.15) is 0 Å². The average Bonchev–Trinajstić information content (AvgIpc) is 2.65. The Kier molecular flexibility index (Phi) is 3.97. The van der Waals surface area contributed by atoms with E-state index >= 15 is 0 Å². The lowest BCUT2D eigenvalue weighted by Gasteiger charge is -2.23. The molecule has 0 unspecified atom stereocenters. The van der Waals surface area contributed by atoms with Crippen molar-refractivity contribution in [3.05, 3.63) is 11.1 Å². The Morgan fingerprint density at radius 1 is 1.20 bits per heavy atom. The van der Waals surface area contributed by atoms with Crippen molar-refractivity contribution in [2.75, 3.05) is 18.0 Å². The summed E-state index contributed by atoms with van der Waals surface area (Å²) in [5, 5.41) is 1.16. The van der Waals surface area contributed by atoms with Crippen LogP contribution in [0.15, 0.2) is 6.20 Å². The number of nitrogens with zero attached hydrogens (tertiary/aromatic N) is 2. The van der Waals surface area contributed by atoms with Gasteiger partial charge >= 0.3 is 0 Å². The molecule has 3 nitrogen and oxygen atoms in total. The van der Waals surface area contributed by atoms with E-state index in [1.165, 1.54) is 37.0 Å². The Balaban J connectivity index is 2.00. The van der Waals surface area contributed by atoms with Crippen LogP contribution in [0.3, 0.4) is 0 Å². The second-order valence-corrected chi connectivity index (χ2v) is 5.16. The zero-order chi connectivity index (χ0) is 10.5. The molecule has 1 aromatic rings. The van der Waals surface area contributed by atoms with E-state index in [1.807, 2.05) is 6.20 Å². The molecule has 2 heterocycles. The van der Waals surface area contributed by atoms with Crippen LogP contribution in [0.1, 0.15) is 37.0 Å². The van der Waals surface area contributed by atoms with Crippen molar-refractivity contribution in [2.24, 2.45) is 5.73 Å². The molecular weight excluding hydrogens is 206 g/mol. The largest absolute Gasteiger partial charge is 0.348 e. The summed E-state index contributed by atoms with van der Waals surface area (Å²) in [5.74, 6) is 0. The van der Waals surface area contributed by atoms with Gasteiger partial charge in [0.15, 0.2) is 5.13 Å². The minimum atomic E-state index is 0.617. The fourth-order valence-corrected chi connectivity index (χ4v) is 2.82. The van der Waals surface area contributed by atoms with Gasteiger partial charge in [-0.25, -0.2) is 4.98 Å². The quantitative estimate of drug-likeness (QED) is 0.840. The predicted molar refractivity (Wildman–Crippen MR) is 65.3 cm³/mol. The van der Waals surface area contributed by atoms with Crippen LogP contribution in [0.4, 0.5) is 5.13 Å². The van der Waals surface area contributed by atoms with Gasteiger partial charge in [-0.15, -0.1) is 11.3 Å². The lowest BCUT2D eigenvalue weighted by molar-refractivity contribution is 0.556. The molecule has 1 aliphatic rings. The summed E-state index contributed by atoms with van der Waals surface area (Å²) in [6.07, 6.45) is 8.66. The number of thiazole rings is 1.